The molecule has 0 atom stereocenters. The Bertz CT molecular complexity index is 952. The number of carbonyl (C=O) groups is 2. The summed E-state index contributed by atoms with van der Waals surface area (Å²) in [4.78, 5) is 27.5. The fraction of sp³-hybridized carbons (Fsp3) is 0.333. The van der Waals surface area contributed by atoms with Gasteiger partial charge in [0.05, 0.1) is 5.57 Å². The number of nitrogens with one attached hydrogen (secondary N) is 1. The molecule has 3 rings (SSSR count). The third-order valence-electron chi connectivity index (χ3n) is 4.87. The number of amides is 2. The summed E-state index contributed by atoms with van der Waals surface area (Å²) in [6.07, 6.45) is 0. The van der Waals surface area contributed by atoms with Crippen molar-refractivity contribution in [3.8, 4) is 0 Å². The van der Waals surface area contributed by atoms with Crippen LogP contribution in [-0.4, -0.2) is 23.3 Å². The van der Waals surface area contributed by atoms with Crippen LogP contribution < -0.4 is 5.32 Å². The topological polar surface area (TPSA) is 49.4 Å². The number of hydrogen-bond acceptors (Lipinski definition) is 3. The van der Waals surface area contributed by atoms with Crippen molar-refractivity contribution < 1.29 is 9.59 Å². The predicted octanol–water partition coefficient (Wildman–Crippen LogP) is 5.49. The highest BCUT2D eigenvalue weighted by Gasteiger charge is 2.39. The molecule has 0 bridgehead atoms. The van der Waals surface area contributed by atoms with Crippen LogP contribution in [0.1, 0.15) is 45.7 Å². The molecule has 0 fully saturated rings. The molecule has 0 spiro atoms. The Morgan fingerprint density at radius 2 is 1.52 bits per heavy atom. The number of imide groups is 1. The molecule has 4 nitrogen and oxygen atoms in total. The van der Waals surface area contributed by atoms with Gasteiger partial charge in [0.2, 0.25) is 0 Å². The Labute approximate surface area is 177 Å². The molecular weight excluding hydrogens is 384 g/mol. The van der Waals surface area contributed by atoms with Gasteiger partial charge in [-0.1, -0.05) is 70.5 Å². The largest absolute Gasteiger partial charge is 0.350 e. The van der Waals surface area contributed by atoms with Crippen LogP contribution in [0.2, 0.25) is 5.02 Å². The Hall–Kier alpha value is -2.59. The third kappa shape index (κ3) is 4.54. The number of carbonyl (C=O) groups excluding carboxylic acids is 2. The van der Waals surface area contributed by atoms with Crippen LogP contribution in [0, 0.1) is 5.92 Å². The lowest BCUT2D eigenvalue weighted by atomic mass is 9.87. The minimum Gasteiger partial charge on any atom is -0.350 e. The molecule has 2 aromatic rings. The van der Waals surface area contributed by atoms with E-state index < -0.39 is 0 Å². The molecule has 5 heteroatoms. The van der Waals surface area contributed by atoms with Crippen LogP contribution in [-0.2, 0) is 15.0 Å². The first kappa shape index (κ1) is 21.1. The molecule has 0 aromatic heterocycles. The van der Waals surface area contributed by atoms with Crippen molar-refractivity contribution in [2.45, 2.75) is 40.0 Å². The van der Waals surface area contributed by atoms with Gasteiger partial charge in [-0.3, -0.25) is 14.5 Å². The van der Waals surface area contributed by atoms with Crippen molar-refractivity contribution in [3.05, 3.63) is 70.4 Å². The summed E-state index contributed by atoms with van der Waals surface area (Å²) in [6, 6.07) is 14.9. The minimum absolute atomic E-state index is 0.0411. The summed E-state index contributed by atoms with van der Waals surface area (Å²) in [7, 11) is 0. The second kappa shape index (κ2) is 8.03. The number of benzene rings is 2. The second-order valence-electron chi connectivity index (χ2n) is 8.82. The number of nitrogens with zero attached hydrogens (tertiary/aromatic N) is 1. The monoisotopic (exact) mass is 410 g/mol. The van der Waals surface area contributed by atoms with Gasteiger partial charge in [-0.05, 0) is 46.7 Å². The van der Waals surface area contributed by atoms with E-state index in [0.29, 0.717) is 28.4 Å². The van der Waals surface area contributed by atoms with E-state index >= 15 is 0 Å². The van der Waals surface area contributed by atoms with E-state index in [1.165, 1.54) is 10.5 Å². The second-order valence-corrected chi connectivity index (χ2v) is 9.26. The zero-order valence-electron chi connectivity index (χ0n) is 17.5. The lowest BCUT2D eigenvalue weighted by Gasteiger charge is -2.19. The molecule has 0 saturated carbocycles. The Morgan fingerprint density at radius 1 is 0.931 bits per heavy atom. The fourth-order valence-corrected chi connectivity index (χ4v) is 3.43. The fourth-order valence-electron chi connectivity index (χ4n) is 3.31. The summed E-state index contributed by atoms with van der Waals surface area (Å²) in [5.74, 6) is -0.395. The van der Waals surface area contributed by atoms with Crippen LogP contribution in [0.5, 0.6) is 0 Å². The summed E-state index contributed by atoms with van der Waals surface area (Å²) < 4.78 is 0. The number of rotatable bonds is 5. The molecule has 1 heterocycles. The predicted molar refractivity (Wildman–Crippen MR) is 119 cm³/mol. The number of anilines is 1. The van der Waals surface area contributed by atoms with Gasteiger partial charge in [-0.25, -0.2) is 0 Å². The van der Waals surface area contributed by atoms with Crippen LogP contribution in [0.4, 0.5) is 5.69 Å². The van der Waals surface area contributed by atoms with Gasteiger partial charge >= 0.3 is 0 Å². The molecule has 0 aliphatic carbocycles. The summed E-state index contributed by atoms with van der Waals surface area (Å²) in [5, 5.41) is 3.78. The van der Waals surface area contributed by atoms with E-state index in [2.05, 4.69) is 26.1 Å². The SMILES string of the molecule is CC(C)CN1C(=O)C(Nc2ccc(C(C)(C)C)cc2)=C(c2ccc(Cl)cc2)C1=O. The number of halogens is 1. The van der Waals surface area contributed by atoms with Gasteiger partial charge in [0.1, 0.15) is 5.70 Å². The highest BCUT2D eigenvalue weighted by atomic mass is 35.5. The average molecular weight is 411 g/mol. The maximum absolute atomic E-state index is 13.1. The van der Waals surface area contributed by atoms with Gasteiger partial charge in [0.15, 0.2) is 0 Å². The Kier molecular flexibility index (Phi) is 5.85. The molecular formula is C24H27ClN2O2. The first-order chi connectivity index (χ1) is 13.6. The summed E-state index contributed by atoms with van der Waals surface area (Å²) in [5.41, 5.74) is 3.37. The van der Waals surface area contributed by atoms with Gasteiger partial charge in [0, 0.05) is 17.3 Å². The molecule has 152 valence electrons. The molecule has 1 N–H and O–H groups in total. The van der Waals surface area contributed by atoms with Crippen molar-refractivity contribution in [1.82, 2.24) is 4.90 Å². The van der Waals surface area contributed by atoms with Crippen LogP contribution in [0.3, 0.4) is 0 Å². The lowest BCUT2D eigenvalue weighted by Crippen LogP contribution is -2.35. The molecule has 2 amide bonds. The van der Waals surface area contributed by atoms with Crippen molar-refractivity contribution in [2.75, 3.05) is 11.9 Å². The first-order valence-electron chi connectivity index (χ1n) is 9.82. The molecule has 1 aliphatic heterocycles. The quantitative estimate of drug-likeness (QED) is 0.663. The molecule has 0 radical (unpaired) electrons. The Morgan fingerprint density at radius 3 is 2.03 bits per heavy atom. The zero-order valence-corrected chi connectivity index (χ0v) is 18.3. The van der Waals surface area contributed by atoms with E-state index in [0.717, 1.165) is 5.69 Å². The van der Waals surface area contributed by atoms with E-state index in [4.69, 9.17) is 11.6 Å². The van der Waals surface area contributed by atoms with E-state index in [-0.39, 0.29) is 23.1 Å². The number of hydrogen-bond donors (Lipinski definition) is 1. The van der Waals surface area contributed by atoms with E-state index in [1.807, 2.05) is 38.1 Å². The van der Waals surface area contributed by atoms with E-state index in [1.54, 1.807) is 24.3 Å². The van der Waals surface area contributed by atoms with Crippen LogP contribution >= 0.6 is 11.6 Å². The zero-order chi connectivity index (χ0) is 21.3. The van der Waals surface area contributed by atoms with Crippen LogP contribution in [0.25, 0.3) is 5.57 Å². The average Bonchev–Trinajstić information content (AvgIpc) is 2.86. The standard InChI is InChI=1S/C24H27ClN2O2/c1-15(2)14-27-22(28)20(16-6-10-18(25)11-7-16)21(23(27)29)26-19-12-8-17(9-13-19)24(3,4)5/h6-13,15,26H,14H2,1-5H3. The highest BCUT2D eigenvalue weighted by Crippen LogP contribution is 2.32. The lowest BCUT2D eigenvalue weighted by molar-refractivity contribution is -0.137. The van der Waals surface area contributed by atoms with Crippen molar-refractivity contribution in [2.24, 2.45) is 5.92 Å². The summed E-state index contributed by atoms with van der Waals surface area (Å²) in [6.45, 7) is 10.8. The molecule has 2 aromatic carbocycles. The van der Waals surface area contributed by atoms with E-state index in [9.17, 15) is 9.59 Å². The van der Waals surface area contributed by atoms with Crippen molar-refractivity contribution in [3.63, 3.8) is 0 Å². The maximum atomic E-state index is 13.1. The third-order valence-corrected chi connectivity index (χ3v) is 5.12. The smallest absolute Gasteiger partial charge is 0.278 e. The molecule has 0 saturated heterocycles. The normalized spacial score (nSPS) is 14.9. The Balaban J connectivity index is 2.01. The van der Waals surface area contributed by atoms with Gasteiger partial charge in [0.25, 0.3) is 11.8 Å². The minimum atomic E-state index is -0.298. The van der Waals surface area contributed by atoms with Crippen molar-refractivity contribution >= 4 is 34.7 Å². The van der Waals surface area contributed by atoms with Gasteiger partial charge in [-0.15, -0.1) is 0 Å². The molecule has 29 heavy (non-hydrogen) atoms. The maximum Gasteiger partial charge on any atom is 0.278 e. The van der Waals surface area contributed by atoms with Gasteiger partial charge < -0.3 is 5.32 Å². The van der Waals surface area contributed by atoms with Crippen molar-refractivity contribution in [1.29, 1.82) is 0 Å². The van der Waals surface area contributed by atoms with Crippen LogP contribution in [0.15, 0.2) is 54.2 Å². The first-order valence-corrected chi connectivity index (χ1v) is 10.2. The molecule has 0 unspecified atom stereocenters. The highest BCUT2D eigenvalue weighted by molar-refractivity contribution is 6.36. The van der Waals surface area contributed by atoms with Gasteiger partial charge in [-0.2, -0.15) is 0 Å². The molecule has 1 aliphatic rings. The summed E-state index contributed by atoms with van der Waals surface area (Å²) >= 11 is 6.00.